The van der Waals surface area contributed by atoms with Gasteiger partial charge in [-0.1, -0.05) is 12.1 Å². The Balaban J connectivity index is 1.38. The lowest BCUT2D eigenvalue weighted by molar-refractivity contribution is -0.274. The summed E-state index contributed by atoms with van der Waals surface area (Å²) < 4.78 is 79.7. The van der Waals surface area contributed by atoms with Gasteiger partial charge in [0.25, 0.3) is 0 Å². The molecule has 2 heterocycles. The van der Waals surface area contributed by atoms with E-state index in [2.05, 4.69) is 24.8 Å². The molecule has 2 aromatic carbocycles. The molecule has 0 atom stereocenters. The molecule has 14 heteroatoms. The van der Waals surface area contributed by atoms with Crippen molar-refractivity contribution in [3.05, 3.63) is 60.7 Å². The molecule has 10 nitrogen and oxygen atoms in total. The van der Waals surface area contributed by atoms with Gasteiger partial charge in [0, 0.05) is 18.2 Å². The first-order chi connectivity index (χ1) is 16.6. The van der Waals surface area contributed by atoms with Crippen LogP contribution in [0.1, 0.15) is 0 Å². The fraction of sp³-hybridized carbons (Fsp3) is 0.190. The predicted octanol–water partition coefficient (Wildman–Crippen LogP) is 3.06. The number of hydrogen-bond acceptors (Lipinski definition) is 8. The summed E-state index contributed by atoms with van der Waals surface area (Å²) in [5.41, 5.74) is 1.20. The van der Waals surface area contributed by atoms with Crippen molar-refractivity contribution in [2.75, 3.05) is 20.3 Å². The van der Waals surface area contributed by atoms with Crippen molar-refractivity contribution in [3.63, 3.8) is 0 Å². The summed E-state index contributed by atoms with van der Waals surface area (Å²) in [7, 11) is -2.42. The molecule has 0 aliphatic rings. The molecule has 4 aromatic rings. The zero-order valence-electron chi connectivity index (χ0n) is 18.1. The van der Waals surface area contributed by atoms with E-state index < -0.39 is 22.1 Å². The van der Waals surface area contributed by atoms with E-state index in [1.807, 2.05) is 6.07 Å². The molecule has 184 valence electrons. The molecule has 0 spiro atoms. The number of benzene rings is 2. The van der Waals surface area contributed by atoms with E-state index in [1.165, 1.54) is 4.52 Å². The third-order valence-corrected chi connectivity index (χ3v) is 6.05. The number of ether oxygens (including phenoxy) is 3. The van der Waals surface area contributed by atoms with Gasteiger partial charge >= 0.3 is 6.36 Å². The molecule has 0 unspecified atom stereocenters. The van der Waals surface area contributed by atoms with Crippen molar-refractivity contribution in [2.24, 2.45) is 0 Å². The van der Waals surface area contributed by atoms with Crippen molar-refractivity contribution in [2.45, 2.75) is 11.3 Å². The number of nitrogens with one attached hydrogen (secondary N) is 1. The Morgan fingerprint density at radius 3 is 2.49 bits per heavy atom. The number of alkyl halides is 3. The molecule has 1 N–H and O–H groups in total. The van der Waals surface area contributed by atoms with Gasteiger partial charge in [0.2, 0.25) is 15.9 Å². The lowest BCUT2D eigenvalue weighted by Gasteiger charge is -2.10. The fourth-order valence-corrected chi connectivity index (χ4v) is 4.04. The van der Waals surface area contributed by atoms with Gasteiger partial charge in [-0.25, -0.2) is 13.1 Å². The molecular weight excluding hydrogens is 491 g/mol. The second-order valence-electron chi connectivity index (χ2n) is 6.96. The lowest BCUT2D eigenvalue weighted by Crippen LogP contribution is -2.28. The van der Waals surface area contributed by atoms with Gasteiger partial charge in [-0.15, -0.1) is 28.5 Å². The van der Waals surface area contributed by atoms with E-state index in [9.17, 15) is 21.6 Å². The van der Waals surface area contributed by atoms with Crippen LogP contribution in [0.5, 0.6) is 17.4 Å². The van der Waals surface area contributed by atoms with Crippen LogP contribution in [0.2, 0.25) is 0 Å². The van der Waals surface area contributed by atoms with Gasteiger partial charge in [-0.3, -0.25) is 0 Å². The number of sulfonamides is 1. The number of aromatic nitrogens is 4. The van der Waals surface area contributed by atoms with Crippen LogP contribution in [0.3, 0.4) is 0 Å². The standard InChI is InChI=1S/C21H18F3N5O5S/c1-32-16-4-2-3-14(13-16)20-27-26-18-9-10-19(28-29(18)20)33-12-11-25-35(30,31)17-7-5-15(6-8-17)34-21(22,23)24/h2-10,13,25H,11-12H2,1H3. The lowest BCUT2D eigenvalue weighted by atomic mass is 10.2. The summed E-state index contributed by atoms with van der Waals surface area (Å²) >= 11 is 0. The van der Waals surface area contributed by atoms with E-state index in [-0.39, 0.29) is 23.9 Å². The van der Waals surface area contributed by atoms with Gasteiger partial charge in [-0.05, 0) is 42.5 Å². The van der Waals surface area contributed by atoms with E-state index in [4.69, 9.17) is 9.47 Å². The number of methoxy groups -OCH3 is 1. The highest BCUT2D eigenvalue weighted by molar-refractivity contribution is 7.89. The minimum Gasteiger partial charge on any atom is -0.497 e. The fourth-order valence-electron chi connectivity index (χ4n) is 3.03. The van der Waals surface area contributed by atoms with Crippen molar-refractivity contribution in [3.8, 4) is 28.8 Å². The molecule has 0 radical (unpaired) electrons. The monoisotopic (exact) mass is 509 g/mol. The molecule has 35 heavy (non-hydrogen) atoms. The van der Waals surface area contributed by atoms with Gasteiger partial charge in [0.15, 0.2) is 11.5 Å². The molecule has 0 saturated heterocycles. The molecule has 0 bridgehead atoms. The van der Waals surface area contributed by atoms with Gasteiger partial charge in [-0.2, -0.15) is 4.52 Å². The topological polar surface area (TPSA) is 117 Å². The van der Waals surface area contributed by atoms with E-state index in [0.29, 0.717) is 17.2 Å². The van der Waals surface area contributed by atoms with Crippen molar-refractivity contribution in [1.29, 1.82) is 0 Å². The van der Waals surface area contributed by atoms with Gasteiger partial charge in [0.1, 0.15) is 18.1 Å². The average molecular weight is 509 g/mol. The Kier molecular flexibility index (Phi) is 6.75. The zero-order chi connectivity index (χ0) is 25.1. The van der Waals surface area contributed by atoms with Crippen LogP contribution < -0.4 is 18.9 Å². The Hall–Kier alpha value is -3.91. The molecule has 4 rings (SSSR count). The Morgan fingerprint density at radius 2 is 1.77 bits per heavy atom. The molecule has 0 amide bonds. The minimum absolute atomic E-state index is 0.0658. The Labute approximate surface area is 197 Å². The summed E-state index contributed by atoms with van der Waals surface area (Å²) in [6, 6.07) is 14.2. The largest absolute Gasteiger partial charge is 0.573 e. The molecular formula is C21H18F3N5O5S. The molecule has 0 saturated carbocycles. The van der Waals surface area contributed by atoms with Crippen LogP contribution in [0.15, 0.2) is 65.6 Å². The molecule has 2 aromatic heterocycles. The minimum atomic E-state index is -4.87. The number of rotatable bonds is 9. The van der Waals surface area contributed by atoms with Crippen molar-refractivity contribution < 1.29 is 35.8 Å². The predicted molar refractivity (Wildman–Crippen MR) is 117 cm³/mol. The van der Waals surface area contributed by atoms with Crippen LogP contribution in [0.4, 0.5) is 13.2 Å². The number of nitrogens with zero attached hydrogens (tertiary/aromatic N) is 4. The maximum Gasteiger partial charge on any atom is 0.573 e. The number of fused-ring (bicyclic) bond motifs is 1. The van der Waals surface area contributed by atoms with Crippen molar-refractivity contribution >= 4 is 15.7 Å². The number of hydrogen-bond donors (Lipinski definition) is 1. The SMILES string of the molecule is COc1cccc(-c2nnc3ccc(OCCNS(=O)(=O)c4ccc(OC(F)(F)F)cc4)nn23)c1. The van der Waals surface area contributed by atoms with Crippen LogP contribution in [0, 0.1) is 0 Å². The average Bonchev–Trinajstić information content (AvgIpc) is 3.24. The van der Waals surface area contributed by atoms with E-state index >= 15 is 0 Å². The first-order valence-electron chi connectivity index (χ1n) is 10.00. The second kappa shape index (κ2) is 9.76. The maximum atomic E-state index is 12.4. The highest BCUT2D eigenvalue weighted by atomic mass is 32.2. The Bertz CT molecular complexity index is 1430. The first-order valence-corrected chi connectivity index (χ1v) is 11.5. The highest BCUT2D eigenvalue weighted by Gasteiger charge is 2.31. The van der Waals surface area contributed by atoms with E-state index in [0.717, 1.165) is 29.8 Å². The van der Waals surface area contributed by atoms with Crippen LogP contribution >= 0.6 is 0 Å². The highest BCUT2D eigenvalue weighted by Crippen LogP contribution is 2.24. The zero-order valence-corrected chi connectivity index (χ0v) is 18.9. The molecule has 0 aliphatic carbocycles. The quantitative estimate of drug-likeness (QED) is 0.342. The third-order valence-electron chi connectivity index (χ3n) is 4.58. The van der Waals surface area contributed by atoms with E-state index in [1.54, 1.807) is 37.4 Å². The maximum absolute atomic E-state index is 12.4. The smallest absolute Gasteiger partial charge is 0.497 e. The summed E-state index contributed by atoms with van der Waals surface area (Å²) in [4.78, 5) is -0.223. The van der Waals surface area contributed by atoms with Crippen LogP contribution in [-0.4, -0.2) is 54.9 Å². The van der Waals surface area contributed by atoms with Crippen LogP contribution in [0.25, 0.3) is 17.0 Å². The third kappa shape index (κ3) is 5.96. The first kappa shape index (κ1) is 24.2. The van der Waals surface area contributed by atoms with Gasteiger partial charge in [0.05, 0.1) is 12.0 Å². The normalized spacial score (nSPS) is 12.0. The summed E-state index contributed by atoms with van der Waals surface area (Å²) in [5.74, 6) is 0.780. The Morgan fingerprint density at radius 1 is 1.00 bits per heavy atom. The molecule has 0 aliphatic heterocycles. The summed E-state index contributed by atoms with van der Waals surface area (Å²) in [5, 5.41) is 12.6. The number of halogens is 3. The van der Waals surface area contributed by atoms with Crippen LogP contribution in [-0.2, 0) is 10.0 Å². The second-order valence-corrected chi connectivity index (χ2v) is 8.73. The van der Waals surface area contributed by atoms with Crippen molar-refractivity contribution in [1.82, 2.24) is 24.5 Å². The molecule has 0 fully saturated rings. The summed E-state index contributed by atoms with van der Waals surface area (Å²) in [6.45, 7) is -0.183. The van der Waals surface area contributed by atoms with Gasteiger partial charge < -0.3 is 14.2 Å². The summed E-state index contributed by atoms with van der Waals surface area (Å²) in [6.07, 6.45) is -4.87.